The molecule has 0 radical (unpaired) electrons. The van der Waals surface area contributed by atoms with Gasteiger partial charge in [-0.15, -0.1) is 0 Å². The Morgan fingerprint density at radius 3 is 2.45 bits per heavy atom. The zero-order valence-corrected chi connectivity index (χ0v) is 19.4. The number of nitrogens with zero attached hydrogens (tertiary/aromatic N) is 3. The van der Waals surface area contributed by atoms with E-state index in [2.05, 4.69) is 10.4 Å². The van der Waals surface area contributed by atoms with Crippen molar-refractivity contribution in [3.63, 3.8) is 0 Å². The molecule has 0 bridgehead atoms. The van der Waals surface area contributed by atoms with E-state index in [1.807, 2.05) is 27.7 Å². The van der Waals surface area contributed by atoms with Crippen LogP contribution < -0.4 is 15.7 Å². The molecule has 0 fully saturated rings. The average Bonchev–Trinajstić information content (AvgIpc) is 3.04. The van der Waals surface area contributed by atoms with Crippen LogP contribution in [0.4, 0.5) is 14.5 Å². The summed E-state index contributed by atoms with van der Waals surface area (Å²) in [6, 6.07) is 7.78. The third-order valence-corrected chi connectivity index (χ3v) is 5.16. The third-order valence-electron chi connectivity index (χ3n) is 5.16. The lowest BCUT2D eigenvalue weighted by molar-refractivity contribution is 0.101. The maximum absolute atomic E-state index is 15.2. The maximum Gasteiger partial charge on any atom is 0.351 e. The number of para-hydroxylation sites is 1. The molecule has 0 aliphatic carbocycles. The number of hydrogen-bond acceptors (Lipinski definition) is 4. The van der Waals surface area contributed by atoms with Crippen molar-refractivity contribution in [3.05, 3.63) is 69.9 Å². The third kappa shape index (κ3) is 5.13. The molecule has 1 N–H and O–H groups in total. The van der Waals surface area contributed by atoms with Crippen molar-refractivity contribution in [1.29, 1.82) is 0 Å². The molecular weight excluding hydrogens is 430 g/mol. The first kappa shape index (κ1) is 24.2. The number of benzene rings is 2. The van der Waals surface area contributed by atoms with Crippen LogP contribution >= 0.6 is 0 Å². The molecule has 9 heteroatoms. The molecular formula is C24H28F2N4O3. The summed E-state index contributed by atoms with van der Waals surface area (Å²) in [5.74, 6) is -1.69. The van der Waals surface area contributed by atoms with Gasteiger partial charge in [-0.25, -0.2) is 13.6 Å². The molecule has 3 aromatic rings. The zero-order chi connectivity index (χ0) is 24.3. The minimum atomic E-state index is -0.834. The molecule has 1 atom stereocenters. The van der Waals surface area contributed by atoms with E-state index in [0.29, 0.717) is 12.2 Å². The molecule has 3 rings (SSSR count). The molecule has 1 heterocycles. The van der Waals surface area contributed by atoms with Gasteiger partial charge >= 0.3 is 5.69 Å². The van der Waals surface area contributed by atoms with Crippen LogP contribution in [0.2, 0.25) is 0 Å². The van der Waals surface area contributed by atoms with E-state index in [9.17, 15) is 14.0 Å². The standard InChI is InChI=1S/C24H28F2N4O3/c1-6-9-15(4)33-22-13-21(30-24(32)29(14(2)3)16(5)28-30)19(26)12-17(22)23(31)27-20-11-8-7-10-18(20)25/h7-8,10-15H,6,9H2,1-5H3,(H,27,31). The Kier molecular flexibility index (Phi) is 7.30. The van der Waals surface area contributed by atoms with Gasteiger partial charge < -0.3 is 10.1 Å². The first-order chi connectivity index (χ1) is 15.6. The summed E-state index contributed by atoms with van der Waals surface area (Å²) < 4.78 is 37.6. The van der Waals surface area contributed by atoms with E-state index in [1.165, 1.54) is 28.8 Å². The summed E-state index contributed by atoms with van der Waals surface area (Å²) in [6.07, 6.45) is 1.26. The van der Waals surface area contributed by atoms with Gasteiger partial charge in [-0.2, -0.15) is 9.78 Å². The number of hydrogen-bond donors (Lipinski definition) is 1. The fourth-order valence-corrected chi connectivity index (χ4v) is 3.64. The lowest BCUT2D eigenvalue weighted by Crippen LogP contribution is -2.26. The van der Waals surface area contributed by atoms with Crippen molar-refractivity contribution in [2.75, 3.05) is 5.32 Å². The molecule has 0 aliphatic heterocycles. The summed E-state index contributed by atoms with van der Waals surface area (Å²) >= 11 is 0. The first-order valence-electron chi connectivity index (χ1n) is 10.9. The Bertz CT molecular complexity index is 1220. The van der Waals surface area contributed by atoms with Gasteiger partial charge in [0.25, 0.3) is 5.91 Å². The smallest absolute Gasteiger partial charge is 0.351 e. The quantitative estimate of drug-likeness (QED) is 0.514. The van der Waals surface area contributed by atoms with Crippen molar-refractivity contribution in [2.45, 2.75) is 59.6 Å². The minimum Gasteiger partial charge on any atom is -0.490 e. The maximum atomic E-state index is 15.2. The molecule has 2 aromatic carbocycles. The van der Waals surface area contributed by atoms with Gasteiger partial charge in [0.05, 0.1) is 17.4 Å². The van der Waals surface area contributed by atoms with Crippen LogP contribution in [0.15, 0.2) is 41.2 Å². The lowest BCUT2D eigenvalue weighted by atomic mass is 10.1. The monoisotopic (exact) mass is 458 g/mol. The van der Waals surface area contributed by atoms with E-state index in [-0.39, 0.29) is 34.8 Å². The average molecular weight is 459 g/mol. The van der Waals surface area contributed by atoms with E-state index in [4.69, 9.17) is 4.74 Å². The predicted molar refractivity (Wildman–Crippen MR) is 122 cm³/mol. The fourth-order valence-electron chi connectivity index (χ4n) is 3.64. The van der Waals surface area contributed by atoms with Crippen LogP contribution in [0.1, 0.15) is 62.8 Å². The van der Waals surface area contributed by atoms with Gasteiger partial charge in [0.2, 0.25) is 0 Å². The molecule has 0 saturated heterocycles. The van der Waals surface area contributed by atoms with Crippen LogP contribution in [0, 0.1) is 18.6 Å². The van der Waals surface area contributed by atoms with Crippen molar-refractivity contribution in [3.8, 4) is 11.4 Å². The van der Waals surface area contributed by atoms with Gasteiger partial charge in [0.1, 0.15) is 28.9 Å². The predicted octanol–water partition coefficient (Wildman–Crippen LogP) is 5.02. The molecule has 1 aromatic heterocycles. The Balaban J connectivity index is 2.10. The van der Waals surface area contributed by atoms with Crippen LogP contribution in [0.25, 0.3) is 5.69 Å². The van der Waals surface area contributed by atoms with Crippen LogP contribution in [-0.4, -0.2) is 26.4 Å². The van der Waals surface area contributed by atoms with E-state index >= 15 is 4.39 Å². The highest BCUT2D eigenvalue weighted by molar-refractivity contribution is 6.06. The molecule has 0 spiro atoms. The van der Waals surface area contributed by atoms with Gasteiger partial charge in [-0.1, -0.05) is 25.5 Å². The fraction of sp³-hybridized carbons (Fsp3) is 0.375. The number of carbonyl (C=O) groups is 1. The lowest BCUT2D eigenvalue weighted by Gasteiger charge is -2.18. The van der Waals surface area contributed by atoms with Gasteiger partial charge in [-0.05, 0) is 52.3 Å². The van der Waals surface area contributed by atoms with Gasteiger partial charge in [-0.3, -0.25) is 9.36 Å². The number of aryl methyl sites for hydroxylation is 1. The number of amides is 1. The van der Waals surface area contributed by atoms with E-state index in [1.54, 1.807) is 13.0 Å². The van der Waals surface area contributed by atoms with Crippen LogP contribution in [0.3, 0.4) is 0 Å². The number of carbonyl (C=O) groups excluding carboxylic acids is 1. The highest BCUT2D eigenvalue weighted by Gasteiger charge is 2.23. The zero-order valence-electron chi connectivity index (χ0n) is 19.4. The molecule has 0 aliphatic rings. The van der Waals surface area contributed by atoms with Crippen molar-refractivity contribution < 1.29 is 18.3 Å². The Morgan fingerprint density at radius 1 is 1.15 bits per heavy atom. The summed E-state index contributed by atoms with van der Waals surface area (Å²) in [7, 11) is 0. The highest BCUT2D eigenvalue weighted by atomic mass is 19.1. The SMILES string of the molecule is CCCC(C)Oc1cc(-n2nc(C)n(C(C)C)c2=O)c(F)cc1C(=O)Nc1ccccc1F. The number of ether oxygens (including phenoxy) is 1. The Labute approximate surface area is 191 Å². The van der Waals surface area contributed by atoms with Crippen LogP contribution in [-0.2, 0) is 0 Å². The molecule has 1 amide bonds. The summed E-state index contributed by atoms with van der Waals surface area (Å²) in [6.45, 7) is 9.13. The van der Waals surface area contributed by atoms with Crippen molar-refractivity contribution in [2.24, 2.45) is 0 Å². The molecule has 1 unspecified atom stereocenters. The van der Waals surface area contributed by atoms with Crippen LogP contribution in [0.5, 0.6) is 5.75 Å². The molecule has 0 saturated carbocycles. The summed E-state index contributed by atoms with van der Waals surface area (Å²) in [4.78, 5) is 25.8. The highest BCUT2D eigenvalue weighted by Crippen LogP contribution is 2.28. The number of rotatable bonds is 8. The Morgan fingerprint density at radius 2 is 1.85 bits per heavy atom. The second-order valence-corrected chi connectivity index (χ2v) is 8.16. The second kappa shape index (κ2) is 9.97. The van der Waals surface area contributed by atoms with Crippen molar-refractivity contribution >= 4 is 11.6 Å². The summed E-state index contributed by atoms with van der Waals surface area (Å²) in [5, 5.41) is 6.64. The van der Waals surface area contributed by atoms with E-state index < -0.39 is 23.2 Å². The number of aromatic nitrogens is 3. The summed E-state index contributed by atoms with van der Waals surface area (Å²) in [5.41, 5.74) is -0.793. The first-order valence-corrected chi connectivity index (χ1v) is 10.9. The topological polar surface area (TPSA) is 78.2 Å². The number of halogens is 2. The van der Waals surface area contributed by atoms with Gasteiger partial charge in [0, 0.05) is 12.1 Å². The normalized spacial score (nSPS) is 12.1. The molecule has 176 valence electrons. The molecule has 33 heavy (non-hydrogen) atoms. The number of anilines is 1. The molecule has 7 nitrogen and oxygen atoms in total. The largest absolute Gasteiger partial charge is 0.490 e. The van der Waals surface area contributed by atoms with Gasteiger partial charge in [0.15, 0.2) is 0 Å². The minimum absolute atomic E-state index is 0.0398. The van der Waals surface area contributed by atoms with Crippen molar-refractivity contribution in [1.82, 2.24) is 14.3 Å². The number of nitrogens with one attached hydrogen (secondary N) is 1. The second-order valence-electron chi connectivity index (χ2n) is 8.16. The Hall–Kier alpha value is -3.49. The van der Waals surface area contributed by atoms with E-state index in [0.717, 1.165) is 17.2 Å².